The van der Waals surface area contributed by atoms with Crippen molar-refractivity contribution >= 4 is 6.09 Å². The van der Waals surface area contributed by atoms with Gasteiger partial charge in [0.2, 0.25) is 0 Å². The molecule has 0 unspecified atom stereocenters. The van der Waals surface area contributed by atoms with E-state index in [-0.39, 0.29) is 5.76 Å². The van der Waals surface area contributed by atoms with E-state index in [4.69, 9.17) is 5.11 Å². The van der Waals surface area contributed by atoms with Crippen molar-refractivity contribution in [2.24, 2.45) is 0 Å². The van der Waals surface area contributed by atoms with Crippen LogP contribution in [0.3, 0.4) is 0 Å². The maximum atomic E-state index is 11.0. The minimum Gasteiger partial charge on any atom is -0.508 e. The first kappa shape index (κ1) is 9.27. The lowest BCUT2D eigenvalue weighted by Crippen LogP contribution is -2.38. The van der Waals surface area contributed by atoms with Gasteiger partial charge in [-0.1, -0.05) is 12.2 Å². The number of aliphatic hydroxyl groups excluding tert-OH is 1. The lowest BCUT2D eigenvalue weighted by Gasteiger charge is -2.34. The van der Waals surface area contributed by atoms with E-state index < -0.39 is 6.09 Å². The number of fused-ring (bicyclic) bond motifs is 1. The summed E-state index contributed by atoms with van der Waals surface area (Å²) in [4.78, 5) is 12.3. The Morgan fingerprint density at radius 3 is 2.75 bits per heavy atom. The van der Waals surface area contributed by atoms with Gasteiger partial charge in [-0.3, -0.25) is 4.90 Å². The minimum absolute atomic E-state index is 0.265. The van der Waals surface area contributed by atoms with E-state index >= 15 is 0 Å². The highest BCUT2D eigenvalue weighted by molar-refractivity contribution is 5.69. The molecule has 82 valence electrons. The topological polar surface area (TPSA) is 60.8 Å². The summed E-state index contributed by atoms with van der Waals surface area (Å²) in [7, 11) is 0. The molecule has 0 aromatic rings. The minimum atomic E-state index is -0.916. The number of amides is 1. The molecule has 0 atom stereocenters. The first-order valence-corrected chi connectivity index (χ1v) is 5.16. The van der Waals surface area contributed by atoms with E-state index in [9.17, 15) is 9.90 Å². The highest BCUT2D eigenvalue weighted by Crippen LogP contribution is 2.38. The van der Waals surface area contributed by atoms with Crippen LogP contribution in [0.15, 0.2) is 46.3 Å². The molecule has 16 heavy (non-hydrogen) atoms. The van der Waals surface area contributed by atoms with Gasteiger partial charge in [0.25, 0.3) is 0 Å². The van der Waals surface area contributed by atoms with Crippen molar-refractivity contribution < 1.29 is 15.0 Å². The summed E-state index contributed by atoms with van der Waals surface area (Å²) in [6.07, 6.45) is 5.28. The summed E-state index contributed by atoms with van der Waals surface area (Å²) in [5.41, 5.74) is 4.09. The van der Waals surface area contributed by atoms with Gasteiger partial charge >= 0.3 is 6.09 Å². The molecular weight excluding hydrogens is 206 g/mol. The number of rotatable bonds is 0. The van der Waals surface area contributed by atoms with Gasteiger partial charge < -0.3 is 10.2 Å². The molecule has 3 rings (SSSR count). The number of aliphatic hydroxyl groups is 1. The monoisotopic (exact) mass is 217 g/mol. The number of nitrogens with zero attached hydrogens (tertiary/aromatic N) is 1. The SMILES string of the molecule is O=C(O)N1CC2=CC(O)=C3C=CC(=C2C3)C1. The zero-order valence-corrected chi connectivity index (χ0v) is 8.60. The first-order valence-electron chi connectivity index (χ1n) is 5.16. The number of carboxylic acid groups (broad SMARTS) is 1. The lowest BCUT2D eigenvalue weighted by atomic mass is 9.81. The van der Waals surface area contributed by atoms with Gasteiger partial charge in [0.15, 0.2) is 0 Å². The van der Waals surface area contributed by atoms with Crippen LogP contribution in [0.5, 0.6) is 0 Å². The molecule has 1 amide bonds. The molecule has 1 heterocycles. The Morgan fingerprint density at radius 2 is 2.00 bits per heavy atom. The average molecular weight is 217 g/mol. The summed E-state index contributed by atoms with van der Waals surface area (Å²) in [5, 5.41) is 18.7. The molecule has 0 saturated heterocycles. The summed E-state index contributed by atoms with van der Waals surface area (Å²) in [6, 6.07) is 0. The highest BCUT2D eigenvalue weighted by atomic mass is 16.4. The van der Waals surface area contributed by atoms with Crippen molar-refractivity contribution in [1.29, 1.82) is 0 Å². The van der Waals surface area contributed by atoms with Crippen LogP contribution in [-0.2, 0) is 0 Å². The van der Waals surface area contributed by atoms with E-state index in [2.05, 4.69) is 0 Å². The summed E-state index contributed by atoms with van der Waals surface area (Å²) < 4.78 is 0. The van der Waals surface area contributed by atoms with Gasteiger partial charge in [0.05, 0.1) is 0 Å². The third-order valence-electron chi connectivity index (χ3n) is 3.26. The Labute approximate surface area is 92.5 Å². The number of allylic oxidation sites excluding steroid dienone is 3. The van der Waals surface area contributed by atoms with Crippen LogP contribution in [0.1, 0.15) is 6.42 Å². The second-order valence-corrected chi connectivity index (χ2v) is 4.23. The molecule has 3 aliphatic rings. The predicted octanol–water partition coefficient (Wildman–Crippen LogP) is 1.99. The summed E-state index contributed by atoms with van der Waals surface area (Å²) in [5.74, 6) is 0.265. The molecular formula is C12H11NO3. The molecule has 2 N–H and O–H groups in total. The molecule has 0 radical (unpaired) electrons. The second-order valence-electron chi connectivity index (χ2n) is 4.23. The van der Waals surface area contributed by atoms with Crippen molar-refractivity contribution in [1.82, 2.24) is 4.90 Å². The first-order chi connectivity index (χ1) is 7.65. The fourth-order valence-corrected chi connectivity index (χ4v) is 2.40. The zero-order valence-electron chi connectivity index (χ0n) is 8.60. The van der Waals surface area contributed by atoms with E-state index in [0.717, 1.165) is 23.1 Å². The molecule has 0 fully saturated rings. The summed E-state index contributed by atoms with van der Waals surface area (Å²) in [6.45, 7) is 0.825. The Hall–Kier alpha value is -1.97. The van der Waals surface area contributed by atoms with Crippen LogP contribution in [0.4, 0.5) is 4.79 Å². The van der Waals surface area contributed by atoms with Crippen LogP contribution in [0, 0.1) is 0 Å². The van der Waals surface area contributed by atoms with Gasteiger partial charge in [0, 0.05) is 19.5 Å². The molecule has 0 saturated carbocycles. The number of hydrogen-bond acceptors (Lipinski definition) is 2. The maximum absolute atomic E-state index is 11.0. The van der Waals surface area contributed by atoms with Crippen LogP contribution >= 0.6 is 0 Å². The standard InChI is InChI=1S/C12H11NO3/c14-11-4-9-6-13(12(15)16)5-8-2-1-7(11)3-10(8)9/h1-2,4,14H,3,5-6H2,(H,15,16). The largest absolute Gasteiger partial charge is 0.508 e. The van der Waals surface area contributed by atoms with Crippen molar-refractivity contribution in [2.45, 2.75) is 6.42 Å². The number of hydrogen-bond donors (Lipinski definition) is 2. The molecule has 2 bridgehead atoms. The smallest absolute Gasteiger partial charge is 0.407 e. The van der Waals surface area contributed by atoms with Crippen LogP contribution < -0.4 is 0 Å². The maximum Gasteiger partial charge on any atom is 0.407 e. The molecule has 0 aromatic heterocycles. The molecule has 0 spiro atoms. The fourth-order valence-electron chi connectivity index (χ4n) is 2.40. The molecule has 0 aromatic carbocycles. The number of carbonyl (C=O) groups is 1. The van der Waals surface area contributed by atoms with E-state index in [1.165, 1.54) is 10.5 Å². The molecule has 2 aliphatic carbocycles. The van der Waals surface area contributed by atoms with Crippen molar-refractivity contribution in [2.75, 3.05) is 13.1 Å². The van der Waals surface area contributed by atoms with Gasteiger partial charge in [-0.15, -0.1) is 0 Å². The molecule has 1 aliphatic heterocycles. The lowest BCUT2D eigenvalue weighted by molar-refractivity contribution is 0.152. The normalized spacial score (nSPS) is 22.5. The Morgan fingerprint density at radius 1 is 1.25 bits per heavy atom. The Bertz CT molecular complexity index is 508. The van der Waals surface area contributed by atoms with Gasteiger partial charge in [-0.25, -0.2) is 4.79 Å². The predicted molar refractivity (Wildman–Crippen MR) is 58.1 cm³/mol. The molecule has 4 nitrogen and oxygen atoms in total. The van der Waals surface area contributed by atoms with Crippen molar-refractivity contribution in [3.05, 3.63) is 46.3 Å². The van der Waals surface area contributed by atoms with Gasteiger partial charge in [0.1, 0.15) is 5.76 Å². The zero-order chi connectivity index (χ0) is 11.3. The van der Waals surface area contributed by atoms with Crippen LogP contribution in [0.2, 0.25) is 0 Å². The average Bonchev–Trinajstić information content (AvgIpc) is 2.28. The second kappa shape index (κ2) is 3.01. The third kappa shape index (κ3) is 1.19. The quantitative estimate of drug-likeness (QED) is 0.652. The summed E-state index contributed by atoms with van der Waals surface area (Å²) >= 11 is 0. The van der Waals surface area contributed by atoms with E-state index in [0.29, 0.717) is 13.1 Å². The van der Waals surface area contributed by atoms with Gasteiger partial charge in [-0.2, -0.15) is 0 Å². The highest BCUT2D eigenvalue weighted by Gasteiger charge is 2.29. The van der Waals surface area contributed by atoms with Crippen LogP contribution in [0.25, 0.3) is 0 Å². The molecule has 4 heteroatoms. The Balaban J connectivity index is 2.09. The fraction of sp³-hybridized carbons (Fsp3) is 0.250. The van der Waals surface area contributed by atoms with Crippen molar-refractivity contribution in [3.8, 4) is 0 Å². The Kier molecular flexibility index (Phi) is 1.74. The third-order valence-corrected chi connectivity index (χ3v) is 3.26. The van der Waals surface area contributed by atoms with E-state index in [1.54, 1.807) is 6.08 Å². The van der Waals surface area contributed by atoms with Crippen molar-refractivity contribution in [3.63, 3.8) is 0 Å². The van der Waals surface area contributed by atoms with Crippen LogP contribution in [-0.4, -0.2) is 34.3 Å². The van der Waals surface area contributed by atoms with E-state index in [1.807, 2.05) is 12.2 Å². The van der Waals surface area contributed by atoms with Gasteiger partial charge in [-0.05, 0) is 28.4 Å².